The third-order valence-electron chi connectivity index (χ3n) is 8.24. The minimum atomic E-state index is -0.552. The normalized spacial score (nSPS) is 27.8. The van der Waals surface area contributed by atoms with Crippen molar-refractivity contribution >= 4 is 35.1 Å². The third-order valence-corrected chi connectivity index (χ3v) is 8.98. The minimum absolute atomic E-state index is 0.0378. The van der Waals surface area contributed by atoms with Crippen molar-refractivity contribution < 1.29 is 19.4 Å². The van der Waals surface area contributed by atoms with E-state index in [9.17, 15) is 14.7 Å². The lowest BCUT2D eigenvalue weighted by Gasteiger charge is -2.55. The maximum absolute atomic E-state index is 13.0. The molecule has 5 rings (SSSR count). The number of carbonyl (C=O) groups excluding carboxylic acids is 2. The molecule has 1 saturated heterocycles. The second-order valence-corrected chi connectivity index (χ2v) is 11.8. The van der Waals surface area contributed by atoms with Gasteiger partial charge in [0.25, 0.3) is 0 Å². The zero-order chi connectivity index (χ0) is 26.2. The van der Waals surface area contributed by atoms with Crippen molar-refractivity contribution in [1.29, 1.82) is 0 Å². The zero-order valence-electron chi connectivity index (χ0n) is 21.1. The second-order valence-electron chi connectivity index (χ2n) is 11.0. The van der Waals surface area contributed by atoms with Gasteiger partial charge in [-0.2, -0.15) is 0 Å². The van der Waals surface area contributed by atoms with Gasteiger partial charge in [-0.05, 0) is 80.0 Å². The lowest BCUT2D eigenvalue weighted by molar-refractivity contribution is -0.132. The van der Waals surface area contributed by atoms with Gasteiger partial charge in [-0.25, -0.2) is 0 Å². The van der Waals surface area contributed by atoms with Crippen LogP contribution in [0, 0.1) is 11.8 Å². The Labute approximate surface area is 228 Å². The van der Waals surface area contributed by atoms with Gasteiger partial charge < -0.3 is 20.1 Å². The van der Waals surface area contributed by atoms with E-state index < -0.39 is 6.10 Å². The molecule has 198 valence electrons. The number of aliphatic hydroxyl groups excluding tert-OH is 1. The monoisotopic (exact) mass is 544 g/mol. The first kappa shape index (κ1) is 26.5. The molecule has 1 unspecified atom stereocenters. The smallest absolute Gasteiger partial charge is 0.308 e. The average molecular weight is 546 g/mol. The predicted octanol–water partition coefficient (Wildman–Crippen LogP) is 4.77. The molecule has 3 fully saturated rings. The van der Waals surface area contributed by atoms with Crippen LogP contribution in [0.15, 0.2) is 42.5 Å². The highest BCUT2D eigenvalue weighted by molar-refractivity contribution is 6.42. The Hall–Kier alpha value is -2.12. The highest BCUT2D eigenvalue weighted by Gasteiger charge is 2.52. The highest BCUT2D eigenvalue weighted by atomic mass is 35.5. The summed E-state index contributed by atoms with van der Waals surface area (Å²) in [6.45, 7) is 4.27. The summed E-state index contributed by atoms with van der Waals surface area (Å²) in [6.07, 6.45) is 4.35. The van der Waals surface area contributed by atoms with Crippen LogP contribution in [0.25, 0.3) is 0 Å². The first-order valence-corrected chi connectivity index (χ1v) is 13.9. The molecule has 1 aliphatic heterocycles. The van der Waals surface area contributed by atoms with Gasteiger partial charge in [-0.1, -0.05) is 41.4 Å². The Morgan fingerprint density at radius 2 is 1.97 bits per heavy atom. The van der Waals surface area contributed by atoms with Gasteiger partial charge in [0.2, 0.25) is 5.91 Å². The van der Waals surface area contributed by atoms with Crippen molar-refractivity contribution in [3.63, 3.8) is 0 Å². The molecule has 2 aliphatic carbocycles. The molecular formula is C29H34Cl2N2O4. The van der Waals surface area contributed by atoms with Crippen LogP contribution in [-0.2, 0) is 21.4 Å². The summed E-state index contributed by atoms with van der Waals surface area (Å²) in [4.78, 5) is 27.1. The molecule has 2 aromatic rings. The van der Waals surface area contributed by atoms with E-state index >= 15 is 0 Å². The van der Waals surface area contributed by atoms with Crippen LogP contribution in [0.4, 0.5) is 0 Å². The molecule has 1 heterocycles. The maximum atomic E-state index is 13.0. The molecular weight excluding hydrogens is 511 g/mol. The number of rotatable bonds is 7. The minimum Gasteiger partial charge on any atom is -0.427 e. The summed E-state index contributed by atoms with van der Waals surface area (Å²) in [7, 11) is 0. The standard InChI is InChI=1S/C29H34Cl2N2O4/c1-18(34)37-23-4-2-3-21(13-23)29-9-10-33(16-19-5-6-19)17-24(29)27(35)14-22(15-29)32-28(36)12-20-7-8-25(30)26(31)11-20/h2-4,7-8,11,13,19,22,24,27,35H,5-6,9-10,12,14-17H2,1H3,(H,32,36)/t22-,24-,27?,29-/m0/s1. The number of halogens is 2. The van der Waals surface area contributed by atoms with Crippen LogP contribution in [0.3, 0.4) is 0 Å². The first-order valence-electron chi connectivity index (χ1n) is 13.1. The van der Waals surface area contributed by atoms with Crippen molar-refractivity contribution in [2.75, 3.05) is 19.6 Å². The largest absolute Gasteiger partial charge is 0.427 e. The van der Waals surface area contributed by atoms with Crippen molar-refractivity contribution in [1.82, 2.24) is 10.2 Å². The number of fused-ring (bicyclic) bond motifs is 1. The molecule has 3 aliphatic rings. The Balaban J connectivity index is 1.37. The molecule has 0 radical (unpaired) electrons. The third kappa shape index (κ3) is 6.14. The van der Waals surface area contributed by atoms with Gasteiger partial charge in [0.05, 0.1) is 22.6 Å². The number of aliphatic hydroxyl groups is 1. The fourth-order valence-corrected chi connectivity index (χ4v) is 6.70. The maximum Gasteiger partial charge on any atom is 0.308 e. The number of hydrogen-bond acceptors (Lipinski definition) is 5. The van der Waals surface area contributed by atoms with Gasteiger partial charge in [-0.15, -0.1) is 0 Å². The number of benzene rings is 2. The number of nitrogens with one attached hydrogen (secondary N) is 1. The van der Waals surface area contributed by atoms with Gasteiger partial charge >= 0.3 is 5.97 Å². The summed E-state index contributed by atoms with van der Waals surface area (Å²) in [5.74, 6) is 0.870. The molecule has 4 atom stereocenters. The number of hydrogen-bond donors (Lipinski definition) is 2. The van der Waals surface area contributed by atoms with Crippen molar-refractivity contribution in [2.45, 2.75) is 63.0 Å². The Morgan fingerprint density at radius 3 is 2.70 bits per heavy atom. The second kappa shape index (κ2) is 10.9. The summed E-state index contributed by atoms with van der Waals surface area (Å²) < 4.78 is 5.41. The molecule has 0 bridgehead atoms. The van der Waals surface area contributed by atoms with Gasteiger partial charge in [0.1, 0.15) is 5.75 Å². The number of ether oxygens (including phenoxy) is 1. The number of likely N-dealkylation sites (tertiary alicyclic amines) is 1. The number of carbonyl (C=O) groups is 2. The quantitative estimate of drug-likeness (QED) is 0.387. The van der Waals surface area contributed by atoms with Crippen LogP contribution in [0.2, 0.25) is 10.0 Å². The number of nitrogens with zero attached hydrogens (tertiary/aromatic N) is 1. The van der Waals surface area contributed by atoms with Crippen LogP contribution < -0.4 is 10.1 Å². The van der Waals surface area contributed by atoms with E-state index in [1.807, 2.05) is 12.1 Å². The Bertz CT molecular complexity index is 1170. The van der Waals surface area contributed by atoms with E-state index in [-0.39, 0.29) is 35.7 Å². The van der Waals surface area contributed by atoms with Crippen LogP contribution in [-0.4, -0.2) is 53.7 Å². The summed E-state index contributed by atoms with van der Waals surface area (Å²) in [5, 5.41) is 15.5. The van der Waals surface area contributed by atoms with E-state index in [1.165, 1.54) is 19.8 Å². The molecule has 6 nitrogen and oxygen atoms in total. The fourth-order valence-electron chi connectivity index (χ4n) is 6.38. The Kier molecular flexibility index (Phi) is 7.83. The number of amides is 1. The molecule has 2 aromatic carbocycles. The zero-order valence-corrected chi connectivity index (χ0v) is 22.6. The lowest BCUT2D eigenvalue weighted by Crippen LogP contribution is -2.61. The van der Waals surface area contributed by atoms with Crippen LogP contribution in [0.1, 0.15) is 50.2 Å². The van der Waals surface area contributed by atoms with E-state index in [0.717, 1.165) is 49.5 Å². The van der Waals surface area contributed by atoms with E-state index in [0.29, 0.717) is 22.2 Å². The van der Waals surface area contributed by atoms with E-state index in [2.05, 4.69) is 16.3 Å². The average Bonchev–Trinajstić information content (AvgIpc) is 3.66. The van der Waals surface area contributed by atoms with Gasteiger partial charge in [-0.3, -0.25) is 9.59 Å². The van der Waals surface area contributed by atoms with Crippen molar-refractivity contribution in [3.8, 4) is 5.75 Å². The van der Waals surface area contributed by atoms with Crippen molar-refractivity contribution in [2.24, 2.45) is 11.8 Å². The molecule has 2 N–H and O–H groups in total. The fraction of sp³-hybridized carbons (Fsp3) is 0.517. The topological polar surface area (TPSA) is 78.9 Å². The number of esters is 1. The highest BCUT2D eigenvalue weighted by Crippen LogP contribution is 2.50. The summed E-state index contributed by atoms with van der Waals surface area (Å²) in [6, 6.07) is 12.8. The van der Waals surface area contributed by atoms with Crippen LogP contribution in [0.5, 0.6) is 5.75 Å². The SMILES string of the molecule is CC(=O)Oc1cccc([C@@]23CCN(CC4CC4)C[C@H]2C(O)C[C@H](NC(=O)Cc2ccc(Cl)c(Cl)c2)C3)c1. The van der Waals surface area contributed by atoms with Crippen molar-refractivity contribution in [3.05, 3.63) is 63.6 Å². The summed E-state index contributed by atoms with van der Waals surface area (Å²) in [5.41, 5.74) is 1.53. The predicted molar refractivity (Wildman–Crippen MR) is 144 cm³/mol. The van der Waals surface area contributed by atoms with E-state index in [4.69, 9.17) is 27.9 Å². The molecule has 0 aromatic heterocycles. The Morgan fingerprint density at radius 1 is 1.16 bits per heavy atom. The summed E-state index contributed by atoms with van der Waals surface area (Å²) >= 11 is 12.1. The van der Waals surface area contributed by atoms with Crippen LogP contribution >= 0.6 is 23.2 Å². The molecule has 0 spiro atoms. The molecule has 8 heteroatoms. The molecule has 37 heavy (non-hydrogen) atoms. The first-order chi connectivity index (χ1) is 17.7. The molecule has 2 saturated carbocycles. The van der Waals surface area contributed by atoms with Gasteiger partial charge in [0, 0.05) is 37.4 Å². The van der Waals surface area contributed by atoms with E-state index in [1.54, 1.807) is 24.3 Å². The molecule has 1 amide bonds. The lowest BCUT2D eigenvalue weighted by atomic mass is 9.57. The number of piperidine rings is 1. The van der Waals surface area contributed by atoms with Gasteiger partial charge in [0.15, 0.2) is 0 Å².